The van der Waals surface area contributed by atoms with Crippen LogP contribution in [-0.4, -0.2) is 24.9 Å². The van der Waals surface area contributed by atoms with Gasteiger partial charge in [0, 0.05) is 26.4 Å². The van der Waals surface area contributed by atoms with Crippen molar-refractivity contribution < 1.29 is 14.0 Å². The summed E-state index contributed by atoms with van der Waals surface area (Å²) < 4.78 is 13.6. The van der Waals surface area contributed by atoms with Gasteiger partial charge in [-0.15, -0.1) is 0 Å². The second-order valence-electron chi connectivity index (χ2n) is 6.52. The number of halogens is 2. The maximum absolute atomic E-state index is 13.6. The Bertz CT molecular complexity index is 816. The Morgan fingerprint density at radius 1 is 1.19 bits per heavy atom. The fourth-order valence-corrected chi connectivity index (χ4v) is 3.44. The van der Waals surface area contributed by atoms with E-state index in [2.05, 4.69) is 5.32 Å². The monoisotopic (exact) mass is 390 g/mol. The van der Waals surface area contributed by atoms with Crippen molar-refractivity contribution in [2.45, 2.75) is 33.6 Å². The molecule has 0 aliphatic heterocycles. The fourth-order valence-electron chi connectivity index (χ4n) is 3.02. The largest absolute Gasteiger partial charge is 0.356 e. The summed E-state index contributed by atoms with van der Waals surface area (Å²) in [5.41, 5.74) is 3.09. The fraction of sp³-hybridized carbons (Fsp3) is 0.333. The molecule has 4 nitrogen and oxygen atoms in total. The van der Waals surface area contributed by atoms with E-state index in [0.29, 0.717) is 29.2 Å². The second kappa shape index (κ2) is 9.51. The Hall–Kier alpha value is -2.40. The summed E-state index contributed by atoms with van der Waals surface area (Å²) >= 11 is 6.33. The number of aryl methyl sites for hydroxylation is 2. The lowest BCUT2D eigenvalue weighted by atomic mass is 10.1. The number of hydrogen-bond acceptors (Lipinski definition) is 2. The first-order valence-corrected chi connectivity index (χ1v) is 9.22. The predicted molar refractivity (Wildman–Crippen MR) is 107 cm³/mol. The summed E-state index contributed by atoms with van der Waals surface area (Å²) in [7, 11) is 0. The van der Waals surface area contributed by atoms with Crippen LogP contribution in [0.5, 0.6) is 0 Å². The standard InChI is InChI=1S/C21H24ClFN2O2/c1-14-12-15(2)21(18(22)13-14)25(16(3)26)11-9-20(27)24-10-8-17-6-4-5-7-19(17)23/h4-7,12-13H,8-11H2,1-3H3,(H,24,27). The van der Waals surface area contributed by atoms with E-state index in [1.54, 1.807) is 24.3 Å². The first-order chi connectivity index (χ1) is 12.8. The molecule has 0 aliphatic rings. The maximum Gasteiger partial charge on any atom is 0.223 e. The molecule has 0 aliphatic carbocycles. The number of nitrogens with zero attached hydrogens (tertiary/aromatic N) is 1. The maximum atomic E-state index is 13.6. The van der Waals surface area contributed by atoms with Crippen molar-refractivity contribution in [1.29, 1.82) is 0 Å². The van der Waals surface area contributed by atoms with Crippen molar-refractivity contribution >= 4 is 29.1 Å². The normalized spacial score (nSPS) is 10.6. The van der Waals surface area contributed by atoms with Crippen LogP contribution in [0, 0.1) is 19.7 Å². The summed E-state index contributed by atoms with van der Waals surface area (Å²) in [6.07, 6.45) is 0.554. The van der Waals surface area contributed by atoms with Crippen molar-refractivity contribution in [3.63, 3.8) is 0 Å². The second-order valence-corrected chi connectivity index (χ2v) is 6.93. The van der Waals surface area contributed by atoms with Crippen LogP contribution in [0.4, 0.5) is 10.1 Å². The highest BCUT2D eigenvalue weighted by Crippen LogP contribution is 2.31. The molecule has 0 fully saturated rings. The summed E-state index contributed by atoms with van der Waals surface area (Å²) in [4.78, 5) is 25.7. The van der Waals surface area contributed by atoms with Gasteiger partial charge in [-0.25, -0.2) is 4.39 Å². The van der Waals surface area contributed by atoms with E-state index in [1.165, 1.54) is 17.9 Å². The van der Waals surface area contributed by atoms with Gasteiger partial charge >= 0.3 is 0 Å². The van der Waals surface area contributed by atoms with Crippen LogP contribution >= 0.6 is 11.6 Å². The molecule has 6 heteroatoms. The van der Waals surface area contributed by atoms with Crippen molar-refractivity contribution in [1.82, 2.24) is 5.32 Å². The quantitative estimate of drug-likeness (QED) is 0.770. The van der Waals surface area contributed by atoms with Crippen molar-refractivity contribution in [2.75, 3.05) is 18.0 Å². The van der Waals surface area contributed by atoms with Crippen LogP contribution in [-0.2, 0) is 16.0 Å². The van der Waals surface area contributed by atoms with Crippen molar-refractivity contribution in [3.05, 3.63) is 63.9 Å². The summed E-state index contributed by atoms with van der Waals surface area (Å²) in [6, 6.07) is 10.2. The Kier molecular flexibility index (Phi) is 7.36. The van der Waals surface area contributed by atoms with Gasteiger partial charge in [0.05, 0.1) is 10.7 Å². The molecule has 2 rings (SSSR count). The third-order valence-corrected chi connectivity index (χ3v) is 4.57. The smallest absolute Gasteiger partial charge is 0.223 e. The molecule has 0 radical (unpaired) electrons. The molecule has 1 N–H and O–H groups in total. The molecule has 0 bridgehead atoms. The van der Waals surface area contributed by atoms with Crippen LogP contribution in [0.2, 0.25) is 5.02 Å². The van der Waals surface area contributed by atoms with Gasteiger partial charge in [0.15, 0.2) is 0 Å². The average Bonchev–Trinajstić information content (AvgIpc) is 2.58. The Morgan fingerprint density at radius 2 is 1.89 bits per heavy atom. The zero-order valence-electron chi connectivity index (χ0n) is 15.8. The Balaban J connectivity index is 1.93. The Morgan fingerprint density at radius 3 is 2.52 bits per heavy atom. The van der Waals surface area contributed by atoms with E-state index in [9.17, 15) is 14.0 Å². The van der Waals surface area contributed by atoms with Crippen molar-refractivity contribution in [3.8, 4) is 0 Å². The van der Waals surface area contributed by atoms with Crippen LogP contribution in [0.1, 0.15) is 30.0 Å². The lowest BCUT2D eigenvalue weighted by Gasteiger charge is -2.24. The molecule has 2 amide bonds. The Labute approximate surface area is 164 Å². The molecule has 0 saturated heterocycles. The average molecular weight is 391 g/mol. The third-order valence-electron chi connectivity index (χ3n) is 4.29. The van der Waals surface area contributed by atoms with E-state index in [-0.39, 0.29) is 30.6 Å². The van der Waals surface area contributed by atoms with Gasteiger partial charge < -0.3 is 10.2 Å². The molecular formula is C21H24ClFN2O2. The minimum absolute atomic E-state index is 0.139. The number of benzene rings is 2. The molecule has 0 aromatic heterocycles. The van der Waals surface area contributed by atoms with Gasteiger partial charge in [-0.2, -0.15) is 0 Å². The first-order valence-electron chi connectivity index (χ1n) is 8.84. The number of rotatable bonds is 7. The van der Waals surface area contributed by atoms with E-state index >= 15 is 0 Å². The summed E-state index contributed by atoms with van der Waals surface area (Å²) in [5, 5.41) is 3.25. The molecule has 2 aromatic carbocycles. The lowest BCUT2D eigenvalue weighted by Crippen LogP contribution is -2.35. The highest BCUT2D eigenvalue weighted by Gasteiger charge is 2.18. The number of nitrogens with one attached hydrogen (secondary N) is 1. The molecule has 2 aromatic rings. The number of amides is 2. The van der Waals surface area contributed by atoms with Crippen LogP contribution in [0.15, 0.2) is 36.4 Å². The lowest BCUT2D eigenvalue weighted by molar-refractivity contribution is -0.121. The summed E-state index contributed by atoms with van der Waals surface area (Å²) in [5.74, 6) is -0.652. The zero-order chi connectivity index (χ0) is 20.0. The van der Waals surface area contributed by atoms with Crippen LogP contribution in [0.25, 0.3) is 0 Å². The number of hydrogen-bond donors (Lipinski definition) is 1. The molecular weight excluding hydrogens is 367 g/mol. The highest BCUT2D eigenvalue weighted by molar-refractivity contribution is 6.34. The van der Waals surface area contributed by atoms with E-state index in [1.807, 2.05) is 19.9 Å². The SMILES string of the molecule is CC(=O)N(CCC(=O)NCCc1ccccc1F)c1c(C)cc(C)cc1Cl. The van der Waals surface area contributed by atoms with Gasteiger partial charge in [-0.3, -0.25) is 9.59 Å². The number of carbonyl (C=O) groups excluding carboxylic acids is 2. The van der Waals surface area contributed by atoms with Gasteiger partial charge in [0.2, 0.25) is 11.8 Å². The molecule has 27 heavy (non-hydrogen) atoms. The van der Waals surface area contributed by atoms with Crippen LogP contribution < -0.4 is 10.2 Å². The molecule has 0 spiro atoms. The molecule has 0 heterocycles. The van der Waals surface area contributed by atoms with E-state index in [4.69, 9.17) is 11.6 Å². The molecule has 144 valence electrons. The van der Waals surface area contributed by atoms with Gasteiger partial charge in [0.1, 0.15) is 5.82 Å². The highest BCUT2D eigenvalue weighted by atomic mass is 35.5. The zero-order valence-corrected chi connectivity index (χ0v) is 16.6. The minimum Gasteiger partial charge on any atom is -0.356 e. The van der Waals surface area contributed by atoms with Gasteiger partial charge in [-0.1, -0.05) is 35.9 Å². The first kappa shape index (κ1) is 20.9. The van der Waals surface area contributed by atoms with E-state index in [0.717, 1.165) is 11.1 Å². The predicted octanol–water partition coefficient (Wildman–Crippen LogP) is 4.20. The van der Waals surface area contributed by atoms with Crippen LogP contribution in [0.3, 0.4) is 0 Å². The number of anilines is 1. The molecule has 0 saturated carbocycles. The van der Waals surface area contributed by atoms with Crippen molar-refractivity contribution in [2.24, 2.45) is 0 Å². The topological polar surface area (TPSA) is 49.4 Å². The van der Waals surface area contributed by atoms with Gasteiger partial charge in [-0.05, 0) is 49.1 Å². The number of carbonyl (C=O) groups is 2. The minimum atomic E-state index is -0.279. The molecule has 0 atom stereocenters. The van der Waals surface area contributed by atoms with E-state index < -0.39 is 0 Å². The third kappa shape index (κ3) is 5.79. The molecule has 0 unspecified atom stereocenters. The van der Waals surface area contributed by atoms with Gasteiger partial charge in [0.25, 0.3) is 0 Å². The summed E-state index contributed by atoms with van der Waals surface area (Å²) in [6.45, 7) is 5.84.